The van der Waals surface area contributed by atoms with Crippen molar-refractivity contribution in [2.45, 2.75) is 32.4 Å². The molecule has 0 aliphatic carbocycles. The summed E-state index contributed by atoms with van der Waals surface area (Å²) in [5, 5.41) is 20.3. The van der Waals surface area contributed by atoms with Crippen LogP contribution in [0, 0.1) is 0 Å². The average molecular weight is 274 g/mol. The molecule has 0 aliphatic heterocycles. The van der Waals surface area contributed by atoms with Crippen LogP contribution in [-0.4, -0.2) is 26.0 Å². The Morgan fingerprint density at radius 1 is 1.35 bits per heavy atom. The number of nitrogens with one attached hydrogen (secondary N) is 1. The number of carbonyl (C=O) groups is 1. The molecule has 106 valence electrons. The minimum Gasteiger partial charge on any atom is -0.384 e. The second kappa shape index (κ2) is 5.83. The molecule has 1 aromatic heterocycles. The molecule has 6 nitrogen and oxygen atoms in total. The lowest BCUT2D eigenvalue weighted by molar-refractivity contribution is -0.116. The van der Waals surface area contributed by atoms with Crippen molar-refractivity contribution in [1.29, 1.82) is 0 Å². The summed E-state index contributed by atoms with van der Waals surface area (Å²) in [7, 11) is 0. The van der Waals surface area contributed by atoms with Crippen molar-refractivity contribution >= 4 is 11.6 Å². The number of hydrogen-bond donors (Lipinski definition) is 2. The number of benzene rings is 1. The predicted molar refractivity (Wildman–Crippen MR) is 75.0 cm³/mol. The zero-order chi connectivity index (χ0) is 14.6. The summed E-state index contributed by atoms with van der Waals surface area (Å²) in [4.78, 5) is 11.8. The minimum atomic E-state index is -1.02. The normalized spacial score (nSPS) is 11.3. The lowest BCUT2D eigenvalue weighted by Gasteiger charge is -2.11. The van der Waals surface area contributed by atoms with E-state index in [4.69, 9.17) is 0 Å². The number of amides is 1. The Labute approximate surface area is 117 Å². The molecular weight excluding hydrogens is 256 g/mol. The summed E-state index contributed by atoms with van der Waals surface area (Å²) in [5.41, 5.74) is 0.235. The molecule has 0 bridgehead atoms. The highest BCUT2D eigenvalue weighted by Crippen LogP contribution is 2.15. The molecule has 0 fully saturated rings. The molecule has 1 heterocycles. The number of hydrogen-bond acceptors (Lipinski definition) is 4. The molecule has 0 spiro atoms. The van der Waals surface area contributed by atoms with Gasteiger partial charge in [-0.25, -0.2) is 0 Å². The fourth-order valence-electron chi connectivity index (χ4n) is 1.65. The molecular formula is C14H18N4O2. The van der Waals surface area contributed by atoms with Crippen LogP contribution in [0.15, 0.2) is 36.5 Å². The van der Waals surface area contributed by atoms with Crippen molar-refractivity contribution in [2.24, 2.45) is 0 Å². The predicted octanol–water partition coefficient (Wildman–Crippen LogP) is 1.53. The van der Waals surface area contributed by atoms with Gasteiger partial charge in [0.15, 0.2) is 0 Å². The maximum absolute atomic E-state index is 11.8. The number of nitrogens with zero attached hydrogens (tertiary/aromatic N) is 3. The Kier molecular flexibility index (Phi) is 4.14. The fourth-order valence-corrected chi connectivity index (χ4v) is 1.65. The number of rotatable bonds is 5. The van der Waals surface area contributed by atoms with E-state index in [0.29, 0.717) is 18.7 Å². The lowest BCUT2D eigenvalue weighted by Crippen LogP contribution is -2.16. The quantitative estimate of drug-likeness (QED) is 0.866. The minimum absolute atomic E-state index is 0.0866. The number of para-hydroxylation sites is 1. The van der Waals surface area contributed by atoms with Gasteiger partial charge in [0, 0.05) is 12.1 Å². The molecule has 2 rings (SSSR count). The van der Waals surface area contributed by atoms with Crippen LogP contribution in [0.25, 0.3) is 0 Å². The summed E-state index contributed by atoms with van der Waals surface area (Å²) < 4.78 is 1.55. The van der Waals surface area contributed by atoms with E-state index in [9.17, 15) is 9.90 Å². The summed E-state index contributed by atoms with van der Waals surface area (Å²) >= 11 is 0. The van der Waals surface area contributed by atoms with Crippen LogP contribution in [0.4, 0.5) is 5.69 Å². The Balaban J connectivity index is 1.86. The monoisotopic (exact) mass is 274 g/mol. The summed E-state index contributed by atoms with van der Waals surface area (Å²) in [6, 6.07) is 9.29. The van der Waals surface area contributed by atoms with Gasteiger partial charge < -0.3 is 10.4 Å². The van der Waals surface area contributed by atoms with Gasteiger partial charge in [0.1, 0.15) is 11.3 Å². The molecule has 1 aromatic carbocycles. The van der Waals surface area contributed by atoms with Crippen LogP contribution < -0.4 is 5.32 Å². The molecule has 0 aliphatic rings. The van der Waals surface area contributed by atoms with Crippen molar-refractivity contribution in [3.8, 4) is 0 Å². The van der Waals surface area contributed by atoms with Crippen LogP contribution in [-0.2, 0) is 16.9 Å². The van der Waals surface area contributed by atoms with Gasteiger partial charge in [0.05, 0.1) is 12.7 Å². The van der Waals surface area contributed by atoms with Crippen LogP contribution >= 0.6 is 0 Å². The standard InChI is InChI=1S/C14H18N4O2/c1-14(2,20)12-10-18(17-16-12)9-8-13(19)15-11-6-4-3-5-7-11/h3-7,10,20H,8-9H2,1-2H3,(H,15,19). The van der Waals surface area contributed by atoms with E-state index >= 15 is 0 Å². The Hall–Kier alpha value is -2.21. The van der Waals surface area contributed by atoms with Crippen LogP contribution in [0.2, 0.25) is 0 Å². The number of carbonyl (C=O) groups excluding carboxylic acids is 1. The summed E-state index contributed by atoms with van der Waals surface area (Å²) in [5.74, 6) is -0.0866. The number of aryl methyl sites for hydroxylation is 1. The Morgan fingerprint density at radius 3 is 2.65 bits per heavy atom. The average Bonchev–Trinajstić information content (AvgIpc) is 2.86. The van der Waals surface area contributed by atoms with E-state index in [2.05, 4.69) is 15.6 Å². The third-order valence-electron chi connectivity index (χ3n) is 2.79. The molecule has 2 N–H and O–H groups in total. The maximum Gasteiger partial charge on any atom is 0.226 e. The molecule has 0 radical (unpaired) electrons. The molecule has 0 unspecified atom stereocenters. The fraction of sp³-hybridized carbons (Fsp3) is 0.357. The number of aromatic nitrogens is 3. The van der Waals surface area contributed by atoms with E-state index in [-0.39, 0.29) is 5.91 Å². The first-order valence-corrected chi connectivity index (χ1v) is 6.43. The van der Waals surface area contributed by atoms with Crippen LogP contribution in [0.5, 0.6) is 0 Å². The zero-order valence-electron chi connectivity index (χ0n) is 11.6. The third kappa shape index (κ3) is 3.89. The van der Waals surface area contributed by atoms with Crippen molar-refractivity contribution in [1.82, 2.24) is 15.0 Å². The van der Waals surface area contributed by atoms with Gasteiger partial charge in [-0.1, -0.05) is 23.4 Å². The molecule has 20 heavy (non-hydrogen) atoms. The van der Waals surface area contributed by atoms with Gasteiger partial charge in [0.2, 0.25) is 5.91 Å². The first-order chi connectivity index (χ1) is 9.45. The van der Waals surface area contributed by atoms with Crippen molar-refractivity contribution in [2.75, 3.05) is 5.32 Å². The van der Waals surface area contributed by atoms with Crippen molar-refractivity contribution < 1.29 is 9.90 Å². The van der Waals surface area contributed by atoms with E-state index < -0.39 is 5.60 Å². The highest BCUT2D eigenvalue weighted by molar-refractivity contribution is 5.90. The molecule has 2 aromatic rings. The first kappa shape index (κ1) is 14.2. The molecule has 1 amide bonds. The molecule has 0 saturated heterocycles. The van der Waals surface area contributed by atoms with Gasteiger partial charge >= 0.3 is 0 Å². The van der Waals surface area contributed by atoms with Gasteiger partial charge in [-0.2, -0.15) is 0 Å². The van der Waals surface area contributed by atoms with Gasteiger partial charge in [-0.3, -0.25) is 9.48 Å². The van der Waals surface area contributed by atoms with E-state index in [1.54, 1.807) is 24.7 Å². The van der Waals surface area contributed by atoms with E-state index in [0.717, 1.165) is 5.69 Å². The number of anilines is 1. The second-order valence-electron chi connectivity index (χ2n) is 5.09. The second-order valence-corrected chi connectivity index (χ2v) is 5.09. The molecule has 0 saturated carbocycles. The first-order valence-electron chi connectivity index (χ1n) is 6.43. The Bertz CT molecular complexity index is 572. The van der Waals surface area contributed by atoms with Gasteiger partial charge in [0.25, 0.3) is 0 Å². The number of aliphatic hydroxyl groups is 1. The summed E-state index contributed by atoms with van der Waals surface area (Å²) in [6.45, 7) is 3.70. The van der Waals surface area contributed by atoms with E-state index in [1.165, 1.54) is 0 Å². The molecule has 0 atom stereocenters. The van der Waals surface area contributed by atoms with Crippen molar-refractivity contribution in [3.05, 3.63) is 42.2 Å². The zero-order valence-corrected chi connectivity index (χ0v) is 11.6. The smallest absolute Gasteiger partial charge is 0.226 e. The topological polar surface area (TPSA) is 80.0 Å². The van der Waals surface area contributed by atoms with Crippen LogP contribution in [0.1, 0.15) is 26.0 Å². The van der Waals surface area contributed by atoms with Crippen molar-refractivity contribution in [3.63, 3.8) is 0 Å². The van der Waals surface area contributed by atoms with Crippen LogP contribution in [0.3, 0.4) is 0 Å². The van der Waals surface area contributed by atoms with E-state index in [1.807, 2.05) is 30.3 Å². The molecule has 6 heteroatoms. The SMILES string of the molecule is CC(C)(O)c1cn(CCC(=O)Nc2ccccc2)nn1. The third-order valence-corrected chi connectivity index (χ3v) is 2.79. The Morgan fingerprint density at radius 2 is 2.05 bits per heavy atom. The van der Waals surface area contributed by atoms with Gasteiger partial charge in [-0.15, -0.1) is 5.10 Å². The van der Waals surface area contributed by atoms with Gasteiger partial charge in [-0.05, 0) is 26.0 Å². The maximum atomic E-state index is 11.8. The largest absolute Gasteiger partial charge is 0.384 e. The lowest BCUT2D eigenvalue weighted by atomic mass is 10.1. The highest BCUT2D eigenvalue weighted by Gasteiger charge is 2.20. The highest BCUT2D eigenvalue weighted by atomic mass is 16.3. The summed E-state index contributed by atoms with van der Waals surface area (Å²) in [6.07, 6.45) is 1.94.